The van der Waals surface area contributed by atoms with E-state index in [2.05, 4.69) is 22.9 Å². The summed E-state index contributed by atoms with van der Waals surface area (Å²) in [5.74, 6) is -5.11. The lowest BCUT2D eigenvalue weighted by Crippen LogP contribution is -2.44. The number of piperidine rings is 1. The number of carbonyl (C=O) groups is 3. The first kappa shape index (κ1) is 29.1. The highest BCUT2D eigenvalue weighted by Crippen LogP contribution is 2.41. The first-order valence-corrected chi connectivity index (χ1v) is 10.1. The Morgan fingerprint density at radius 2 is 1.44 bits per heavy atom. The Labute approximate surface area is 191 Å². The van der Waals surface area contributed by atoms with Crippen LogP contribution in [-0.2, 0) is 20.9 Å². The predicted molar refractivity (Wildman–Crippen MR) is 105 cm³/mol. The van der Waals surface area contributed by atoms with Gasteiger partial charge >= 0.3 is 24.3 Å². The zero-order chi connectivity index (χ0) is 26.2. The standard InChI is InChI=1S/C16H23N3O.2C2HF3O2/c1-2-19-12-8-16(15(19)20)6-10-18(11-7-16)13-14-5-3-4-9-17-14;2*3-2(4,5)1(6)7/h3-5,9H,2,6-8,10-13H2,1H3;2*(H,6,7). The Balaban J connectivity index is 0.000000343. The van der Waals surface area contributed by atoms with Gasteiger partial charge in [0, 0.05) is 25.8 Å². The van der Waals surface area contributed by atoms with Crippen molar-refractivity contribution < 1.29 is 50.9 Å². The maximum Gasteiger partial charge on any atom is 0.490 e. The minimum absolute atomic E-state index is 0.0450. The van der Waals surface area contributed by atoms with Crippen LogP contribution < -0.4 is 0 Å². The van der Waals surface area contributed by atoms with Crippen LogP contribution in [0.1, 0.15) is 31.9 Å². The summed E-state index contributed by atoms with van der Waals surface area (Å²) in [6.45, 7) is 6.82. The summed E-state index contributed by atoms with van der Waals surface area (Å²) in [4.78, 5) is 39.1. The lowest BCUT2D eigenvalue weighted by molar-refractivity contribution is -0.193. The minimum atomic E-state index is -5.08. The summed E-state index contributed by atoms with van der Waals surface area (Å²) >= 11 is 0. The van der Waals surface area contributed by atoms with Crippen molar-refractivity contribution >= 4 is 17.8 Å². The molecule has 0 aromatic carbocycles. The molecular weight excluding hydrogens is 476 g/mol. The molecule has 0 unspecified atom stereocenters. The Morgan fingerprint density at radius 3 is 1.79 bits per heavy atom. The Bertz CT molecular complexity index is 800. The van der Waals surface area contributed by atoms with Gasteiger partial charge in [-0.3, -0.25) is 14.7 Å². The highest BCUT2D eigenvalue weighted by molar-refractivity contribution is 5.85. The fourth-order valence-corrected chi connectivity index (χ4v) is 3.52. The number of alkyl halides is 6. The van der Waals surface area contributed by atoms with Gasteiger partial charge in [0.2, 0.25) is 5.91 Å². The lowest BCUT2D eigenvalue weighted by atomic mass is 9.77. The van der Waals surface area contributed by atoms with E-state index in [0.29, 0.717) is 5.91 Å². The summed E-state index contributed by atoms with van der Waals surface area (Å²) in [6.07, 6.45) is -5.25. The summed E-state index contributed by atoms with van der Waals surface area (Å²) < 4.78 is 63.5. The van der Waals surface area contributed by atoms with Crippen LogP contribution >= 0.6 is 0 Å². The van der Waals surface area contributed by atoms with Crippen LogP contribution in [0.2, 0.25) is 0 Å². The smallest absolute Gasteiger partial charge is 0.475 e. The molecule has 1 aromatic heterocycles. The van der Waals surface area contributed by atoms with E-state index in [1.165, 1.54) is 0 Å². The summed E-state index contributed by atoms with van der Waals surface area (Å²) in [6, 6.07) is 6.06. The van der Waals surface area contributed by atoms with Crippen molar-refractivity contribution in [2.24, 2.45) is 5.41 Å². The molecule has 0 radical (unpaired) electrons. The van der Waals surface area contributed by atoms with E-state index in [-0.39, 0.29) is 5.41 Å². The number of hydrogen-bond acceptors (Lipinski definition) is 5. The summed E-state index contributed by atoms with van der Waals surface area (Å²) in [5, 5.41) is 14.2. The number of likely N-dealkylation sites (tertiary alicyclic amines) is 2. The SMILES string of the molecule is CCN1CCC2(CCN(Cc3ccccn3)CC2)C1=O.O=C(O)C(F)(F)F.O=C(O)C(F)(F)F. The fraction of sp³-hybridized carbons (Fsp3) is 0.600. The maximum absolute atomic E-state index is 12.5. The van der Waals surface area contributed by atoms with Crippen LogP contribution in [0.15, 0.2) is 24.4 Å². The number of rotatable bonds is 3. The van der Waals surface area contributed by atoms with Crippen molar-refractivity contribution in [3.63, 3.8) is 0 Å². The number of halogens is 6. The van der Waals surface area contributed by atoms with Gasteiger partial charge < -0.3 is 15.1 Å². The molecule has 1 spiro atoms. The number of pyridine rings is 1. The molecule has 34 heavy (non-hydrogen) atoms. The van der Waals surface area contributed by atoms with Crippen molar-refractivity contribution in [1.29, 1.82) is 0 Å². The van der Waals surface area contributed by atoms with E-state index in [9.17, 15) is 31.1 Å². The molecule has 2 aliphatic heterocycles. The number of nitrogens with zero attached hydrogens (tertiary/aromatic N) is 3. The summed E-state index contributed by atoms with van der Waals surface area (Å²) in [7, 11) is 0. The number of carbonyl (C=O) groups excluding carboxylic acids is 1. The number of aromatic nitrogens is 1. The molecule has 0 atom stereocenters. The second-order valence-corrected chi connectivity index (χ2v) is 7.62. The van der Waals surface area contributed by atoms with Gasteiger partial charge in [-0.05, 0) is 51.4 Å². The molecular formula is C20H25F6N3O5. The molecule has 3 rings (SSSR count). The van der Waals surface area contributed by atoms with Crippen LogP contribution in [0.4, 0.5) is 26.3 Å². The van der Waals surface area contributed by atoms with E-state index in [0.717, 1.165) is 57.7 Å². The molecule has 14 heteroatoms. The van der Waals surface area contributed by atoms with Gasteiger partial charge in [-0.2, -0.15) is 26.3 Å². The molecule has 2 aliphatic rings. The van der Waals surface area contributed by atoms with Gasteiger partial charge in [-0.25, -0.2) is 9.59 Å². The highest BCUT2D eigenvalue weighted by Gasteiger charge is 2.47. The average molecular weight is 501 g/mol. The third kappa shape index (κ3) is 8.80. The Kier molecular flexibility index (Phi) is 10.3. The molecule has 8 nitrogen and oxygen atoms in total. The molecule has 2 fully saturated rings. The van der Waals surface area contributed by atoms with Gasteiger partial charge in [0.15, 0.2) is 0 Å². The van der Waals surface area contributed by atoms with Crippen LogP contribution in [-0.4, -0.2) is 81.4 Å². The van der Waals surface area contributed by atoms with Gasteiger partial charge in [-0.1, -0.05) is 6.07 Å². The van der Waals surface area contributed by atoms with E-state index in [4.69, 9.17) is 19.8 Å². The molecule has 2 N–H and O–H groups in total. The molecule has 0 aliphatic carbocycles. The predicted octanol–water partition coefficient (Wildman–Crippen LogP) is 3.18. The molecule has 0 saturated carbocycles. The lowest BCUT2D eigenvalue weighted by Gasteiger charge is -2.37. The topological polar surface area (TPSA) is 111 Å². The van der Waals surface area contributed by atoms with E-state index >= 15 is 0 Å². The largest absolute Gasteiger partial charge is 0.490 e. The van der Waals surface area contributed by atoms with E-state index < -0.39 is 24.3 Å². The minimum Gasteiger partial charge on any atom is -0.475 e. The number of hydrogen-bond donors (Lipinski definition) is 2. The Morgan fingerprint density at radius 1 is 0.971 bits per heavy atom. The monoisotopic (exact) mass is 501 g/mol. The zero-order valence-electron chi connectivity index (χ0n) is 18.2. The average Bonchev–Trinajstić information content (AvgIpc) is 3.05. The number of carboxylic acids is 2. The normalized spacial score (nSPS) is 18.0. The first-order chi connectivity index (χ1) is 15.6. The molecule has 1 aromatic rings. The second-order valence-electron chi connectivity index (χ2n) is 7.62. The molecule has 3 heterocycles. The van der Waals surface area contributed by atoms with Gasteiger partial charge in [0.1, 0.15) is 0 Å². The molecule has 2 saturated heterocycles. The highest BCUT2D eigenvalue weighted by atomic mass is 19.4. The number of aliphatic carboxylic acids is 2. The Hall–Kier alpha value is -2.90. The second kappa shape index (κ2) is 12.0. The van der Waals surface area contributed by atoms with Crippen molar-refractivity contribution in [2.75, 3.05) is 26.2 Å². The number of amides is 1. The fourth-order valence-electron chi connectivity index (χ4n) is 3.52. The van der Waals surface area contributed by atoms with Crippen LogP contribution in [0.3, 0.4) is 0 Å². The van der Waals surface area contributed by atoms with Crippen LogP contribution in [0.5, 0.6) is 0 Å². The summed E-state index contributed by atoms with van der Waals surface area (Å²) in [5.41, 5.74) is 1.08. The molecule has 1 amide bonds. The van der Waals surface area contributed by atoms with Crippen molar-refractivity contribution in [3.8, 4) is 0 Å². The van der Waals surface area contributed by atoms with Crippen molar-refractivity contribution in [1.82, 2.24) is 14.8 Å². The van der Waals surface area contributed by atoms with E-state index in [1.54, 1.807) is 0 Å². The quantitative estimate of drug-likeness (QED) is 0.612. The van der Waals surface area contributed by atoms with Crippen molar-refractivity contribution in [3.05, 3.63) is 30.1 Å². The van der Waals surface area contributed by atoms with Gasteiger partial charge in [-0.15, -0.1) is 0 Å². The third-order valence-electron chi connectivity index (χ3n) is 5.39. The van der Waals surface area contributed by atoms with Crippen molar-refractivity contribution in [2.45, 2.75) is 45.1 Å². The van der Waals surface area contributed by atoms with Gasteiger partial charge in [0.05, 0.1) is 11.1 Å². The number of carboxylic acid groups (broad SMARTS) is 2. The molecule has 192 valence electrons. The molecule has 0 bridgehead atoms. The van der Waals surface area contributed by atoms with Gasteiger partial charge in [0.25, 0.3) is 0 Å². The first-order valence-electron chi connectivity index (χ1n) is 10.1. The third-order valence-corrected chi connectivity index (χ3v) is 5.39. The van der Waals surface area contributed by atoms with Crippen LogP contribution in [0, 0.1) is 5.41 Å². The van der Waals surface area contributed by atoms with Crippen LogP contribution in [0.25, 0.3) is 0 Å². The van der Waals surface area contributed by atoms with E-state index in [1.807, 2.05) is 23.2 Å². The zero-order valence-corrected chi connectivity index (χ0v) is 18.2. The maximum atomic E-state index is 12.5.